The molecule has 10 heteroatoms. The van der Waals surface area contributed by atoms with Crippen LogP contribution >= 0.6 is 0 Å². The Labute approximate surface area is 184 Å². The van der Waals surface area contributed by atoms with E-state index in [1.165, 1.54) is 19.2 Å². The monoisotopic (exact) mass is 456 g/mol. The maximum Gasteiger partial charge on any atom is 0.328 e. The second-order valence-electron chi connectivity index (χ2n) is 7.84. The highest BCUT2D eigenvalue weighted by Crippen LogP contribution is 2.49. The number of β-lactam (4-membered cyclic amide) rings is 1. The first-order valence-electron chi connectivity index (χ1n) is 9.78. The highest BCUT2D eigenvalue weighted by molar-refractivity contribution is 7.94. The van der Waals surface area contributed by atoms with Crippen LogP contribution in [0.2, 0.25) is 0 Å². The van der Waals surface area contributed by atoms with Crippen molar-refractivity contribution in [1.29, 1.82) is 0 Å². The first-order valence-corrected chi connectivity index (χ1v) is 11.3. The van der Waals surface area contributed by atoms with Crippen LogP contribution in [0.3, 0.4) is 0 Å². The third kappa shape index (κ3) is 3.36. The van der Waals surface area contributed by atoms with Gasteiger partial charge in [-0.15, -0.1) is 0 Å². The van der Waals surface area contributed by atoms with Gasteiger partial charge in [-0.25, -0.2) is 13.2 Å². The Bertz CT molecular complexity index is 1210. The lowest BCUT2D eigenvalue weighted by Crippen LogP contribution is -2.59. The zero-order valence-electron chi connectivity index (χ0n) is 17.0. The fraction of sp³-hybridized carbons (Fsp3) is 0.273. The van der Waals surface area contributed by atoms with Crippen LogP contribution in [-0.4, -0.2) is 64.0 Å². The summed E-state index contributed by atoms with van der Waals surface area (Å²) in [4.78, 5) is 41.9. The predicted molar refractivity (Wildman–Crippen MR) is 113 cm³/mol. The molecule has 0 spiro atoms. The number of carbonyl (C=O) groups is 3. The van der Waals surface area contributed by atoms with Gasteiger partial charge in [0.15, 0.2) is 21.3 Å². The van der Waals surface area contributed by atoms with Gasteiger partial charge >= 0.3 is 11.9 Å². The molecule has 0 aliphatic carbocycles. The van der Waals surface area contributed by atoms with E-state index in [-0.39, 0.29) is 12.0 Å². The molecule has 32 heavy (non-hydrogen) atoms. The van der Waals surface area contributed by atoms with E-state index in [1.807, 2.05) is 0 Å². The minimum Gasteiger partial charge on any atom is -0.480 e. The highest BCUT2D eigenvalue weighted by Gasteiger charge is 2.72. The van der Waals surface area contributed by atoms with Crippen molar-refractivity contribution in [2.45, 2.75) is 29.5 Å². The second kappa shape index (κ2) is 7.86. The number of carboxylic acid groups (broad SMARTS) is 1. The Morgan fingerprint density at radius 3 is 2.50 bits per heavy atom. The highest BCUT2D eigenvalue weighted by atomic mass is 32.2. The molecule has 2 aliphatic heterocycles. The number of aliphatic carboxylic acids is 1. The molecule has 2 aromatic rings. The second-order valence-corrected chi connectivity index (χ2v) is 10.3. The fourth-order valence-corrected chi connectivity index (χ4v) is 6.33. The molecule has 0 unspecified atom stereocenters. The van der Waals surface area contributed by atoms with Crippen LogP contribution < -0.4 is 0 Å². The largest absolute Gasteiger partial charge is 0.480 e. The third-order valence-electron chi connectivity index (χ3n) is 5.74. The van der Waals surface area contributed by atoms with E-state index in [1.54, 1.807) is 48.5 Å². The summed E-state index contributed by atoms with van der Waals surface area (Å²) in [6, 6.07) is 12.0. The third-order valence-corrected chi connectivity index (χ3v) is 8.45. The van der Waals surface area contributed by atoms with Crippen molar-refractivity contribution in [2.75, 3.05) is 6.61 Å². The molecule has 3 atom stereocenters. The van der Waals surface area contributed by atoms with Crippen LogP contribution in [0.4, 0.5) is 0 Å². The minimum atomic E-state index is -4.24. The Morgan fingerprint density at radius 1 is 1.19 bits per heavy atom. The fourth-order valence-electron chi connectivity index (χ4n) is 4.05. The van der Waals surface area contributed by atoms with E-state index >= 15 is 0 Å². The molecular weight excluding hydrogens is 436 g/mol. The number of rotatable bonds is 6. The van der Waals surface area contributed by atoms with Crippen LogP contribution in [0, 0.1) is 0 Å². The van der Waals surface area contributed by atoms with Gasteiger partial charge in [-0.3, -0.25) is 14.6 Å². The number of carbonyl (C=O) groups excluding carboxylic acids is 2. The lowest BCUT2D eigenvalue weighted by atomic mass is 9.94. The lowest BCUT2D eigenvalue weighted by Gasteiger charge is -2.37. The number of hydrogen-bond acceptors (Lipinski definition) is 7. The molecule has 4 rings (SSSR count). The van der Waals surface area contributed by atoms with Gasteiger partial charge < -0.3 is 14.7 Å². The van der Waals surface area contributed by atoms with Gasteiger partial charge in [0.25, 0.3) is 5.91 Å². The molecule has 0 bridgehead atoms. The smallest absolute Gasteiger partial charge is 0.328 e. The molecule has 9 nitrogen and oxygen atoms in total. The zero-order chi connectivity index (χ0) is 23.1. The maximum atomic E-state index is 13.4. The SMILES string of the molecule is C[C@]1(COC(=O)Cc2ccccc2)[C@H](C(=O)O)N2C(=O)/C(=C\c3ccccn3)[C@H]2S1(=O)=O. The molecule has 1 N–H and O–H groups in total. The van der Waals surface area contributed by atoms with Crippen LogP contribution in [0.1, 0.15) is 18.2 Å². The van der Waals surface area contributed by atoms with Gasteiger partial charge in [0.2, 0.25) is 0 Å². The van der Waals surface area contributed by atoms with Crippen molar-refractivity contribution in [1.82, 2.24) is 9.88 Å². The summed E-state index contributed by atoms with van der Waals surface area (Å²) >= 11 is 0. The number of amides is 1. The molecule has 2 fully saturated rings. The average molecular weight is 456 g/mol. The van der Waals surface area contributed by atoms with Gasteiger partial charge in [0.1, 0.15) is 11.4 Å². The molecule has 0 saturated carbocycles. The van der Waals surface area contributed by atoms with E-state index in [2.05, 4.69) is 4.98 Å². The summed E-state index contributed by atoms with van der Waals surface area (Å²) in [7, 11) is -4.24. The minimum absolute atomic E-state index is 0.0608. The molecule has 1 amide bonds. The van der Waals surface area contributed by atoms with Crippen molar-refractivity contribution in [3.05, 3.63) is 71.6 Å². The molecule has 1 aromatic heterocycles. The van der Waals surface area contributed by atoms with E-state index in [4.69, 9.17) is 4.74 Å². The van der Waals surface area contributed by atoms with Crippen LogP contribution in [0.25, 0.3) is 6.08 Å². The topological polar surface area (TPSA) is 131 Å². The molecule has 2 saturated heterocycles. The number of esters is 1. The molecule has 3 heterocycles. The van der Waals surface area contributed by atoms with E-state index < -0.39 is 50.5 Å². The Hall–Kier alpha value is -3.53. The van der Waals surface area contributed by atoms with Gasteiger partial charge in [0, 0.05) is 6.20 Å². The number of benzene rings is 1. The number of fused-ring (bicyclic) bond motifs is 1. The number of hydrogen-bond donors (Lipinski definition) is 1. The summed E-state index contributed by atoms with van der Waals surface area (Å²) in [5.74, 6) is -2.87. The maximum absolute atomic E-state index is 13.4. The van der Waals surface area contributed by atoms with Crippen molar-refractivity contribution in [2.24, 2.45) is 0 Å². The zero-order valence-corrected chi connectivity index (χ0v) is 17.9. The Balaban J connectivity index is 1.61. The molecule has 166 valence electrons. The summed E-state index contributed by atoms with van der Waals surface area (Å²) in [5, 5.41) is 8.33. The van der Waals surface area contributed by atoms with Gasteiger partial charge in [-0.05, 0) is 30.7 Å². The van der Waals surface area contributed by atoms with Crippen LogP contribution in [0.5, 0.6) is 0 Å². The van der Waals surface area contributed by atoms with Gasteiger partial charge in [-0.1, -0.05) is 36.4 Å². The number of pyridine rings is 1. The standard InChI is InChI=1S/C22H20N2O7S/c1-22(13-31-17(25)11-14-7-3-2-4-8-14)18(21(27)28)24-19(26)16(20(24)32(22,29)30)12-15-9-5-6-10-23-15/h2-10,12,18,20H,11,13H2,1H3,(H,27,28)/b16-12+/t18-,20+,22-/m0/s1. The molecule has 2 aliphatic rings. The van der Waals surface area contributed by atoms with Gasteiger partial charge in [-0.2, -0.15) is 0 Å². The first kappa shape index (κ1) is 21.7. The van der Waals surface area contributed by atoms with Crippen molar-refractivity contribution in [3.63, 3.8) is 0 Å². The van der Waals surface area contributed by atoms with E-state index in [0.717, 1.165) is 4.90 Å². The number of ether oxygens (including phenoxy) is 1. The Morgan fingerprint density at radius 2 is 1.88 bits per heavy atom. The normalized spacial score (nSPS) is 27.0. The Kier molecular flexibility index (Phi) is 5.33. The molecular formula is C22H20N2O7S. The lowest BCUT2D eigenvalue weighted by molar-refractivity contribution is -0.155. The summed E-state index contributed by atoms with van der Waals surface area (Å²) in [5.41, 5.74) is 0.987. The van der Waals surface area contributed by atoms with Crippen molar-refractivity contribution < 1.29 is 32.6 Å². The van der Waals surface area contributed by atoms with Crippen LogP contribution in [-0.2, 0) is 35.4 Å². The quantitative estimate of drug-likeness (QED) is 0.388. The first-order chi connectivity index (χ1) is 15.2. The number of sulfone groups is 1. The predicted octanol–water partition coefficient (Wildman–Crippen LogP) is 1.06. The summed E-state index contributed by atoms with van der Waals surface area (Å²) in [6.07, 6.45) is 2.74. The summed E-state index contributed by atoms with van der Waals surface area (Å²) in [6.45, 7) is 0.510. The average Bonchev–Trinajstić information content (AvgIpc) is 2.93. The van der Waals surface area contributed by atoms with Crippen molar-refractivity contribution in [3.8, 4) is 0 Å². The molecule has 0 radical (unpaired) electrons. The van der Waals surface area contributed by atoms with E-state index in [9.17, 15) is 27.9 Å². The van der Waals surface area contributed by atoms with Gasteiger partial charge in [0.05, 0.1) is 17.7 Å². The van der Waals surface area contributed by atoms with Crippen LogP contribution in [0.15, 0.2) is 60.3 Å². The number of nitrogens with zero attached hydrogens (tertiary/aromatic N) is 2. The summed E-state index contributed by atoms with van der Waals surface area (Å²) < 4.78 is 30.0. The van der Waals surface area contributed by atoms with Crippen molar-refractivity contribution >= 4 is 33.8 Å². The number of carboxylic acids is 1. The van der Waals surface area contributed by atoms with E-state index in [0.29, 0.717) is 11.3 Å². The molecule has 1 aromatic carbocycles. The number of aromatic nitrogens is 1.